The molecule has 1 aromatic heterocycles. The van der Waals surface area contributed by atoms with E-state index in [9.17, 15) is 19.7 Å². The molecule has 2 rings (SSSR count). The lowest BCUT2D eigenvalue weighted by atomic mass is 10.2. The van der Waals surface area contributed by atoms with Gasteiger partial charge in [0.1, 0.15) is 10.8 Å². The fraction of sp³-hybridized carbons (Fsp3) is 0.235. The Morgan fingerprint density at radius 1 is 1.33 bits per heavy atom. The maximum Gasteiger partial charge on any atom is 0.341 e. The van der Waals surface area contributed by atoms with Crippen molar-refractivity contribution in [3.8, 4) is 5.75 Å². The molecular formula is C17H17N3O6S. The molecular weight excluding hydrogens is 374 g/mol. The number of thioether (sulfide) groups is 1. The predicted molar refractivity (Wildman–Crippen MR) is 99.2 cm³/mol. The summed E-state index contributed by atoms with van der Waals surface area (Å²) in [6, 6.07) is 6.93. The van der Waals surface area contributed by atoms with Gasteiger partial charge in [0.25, 0.3) is 11.6 Å². The van der Waals surface area contributed by atoms with E-state index in [1.165, 1.54) is 37.9 Å². The Morgan fingerprint density at radius 2 is 2.07 bits per heavy atom. The first-order valence-electron chi connectivity index (χ1n) is 7.70. The minimum absolute atomic E-state index is 0.103. The van der Waals surface area contributed by atoms with Crippen LogP contribution < -0.4 is 10.1 Å². The average molecular weight is 391 g/mol. The SMILES string of the molecule is COc1ccc([N+](=O)[O-])cc1NC(=O)[C@H](C)OC(=O)c1cccnc1SC. The number of esters is 1. The molecule has 1 amide bonds. The summed E-state index contributed by atoms with van der Waals surface area (Å²) in [7, 11) is 1.37. The van der Waals surface area contributed by atoms with Gasteiger partial charge in [-0.15, -0.1) is 11.8 Å². The lowest BCUT2D eigenvalue weighted by Gasteiger charge is -2.15. The van der Waals surface area contributed by atoms with Crippen molar-refractivity contribution in [2.24, 2.45) is 0 Å². The molecule has 10 heteroatoms. The van der Waals surface area contributed by atoms with Crippen LogP contribution in [-0.2, 0) is 9.53 Å². The number of carbonyl (C=O) groups excluding carboxylic acids is 2. The number of nitrogens with zero attached hydrogens (tertiary/aromatic N) is 2. The number of nitro groups is 1. The minimum Gasteiger partial charge on any atom is -0.495 e. The predicted octanol–water partition coefficient (Wildman–Crippen LogP) is 2.90. The van der Waals surface area contributed by atoms with E-state index in [0.29, 0.717) is 5.03 Å². The number of aromatic nitrogens is 1. The lowest BCUT2D eigenvalue weighted by molar-refractivity contribution is -0.384. The maximum absolute atomic E-state index is 12.3. The van der Waals surface area contributed by atoms with E-state index in [1.807, 2.05) is 0 Å². The number of hydrogen-bond donors (Lipinski definition) is 1. The molecule has 0 fully saturated rings. The summed E-state index contributed by atoms with van der Waals surface area (Å²) in [6.07, 6.45) is 2.17. The Bertz CT molecular complexity index is 873. The van der Waals surface area contributed by atoms with Crippen LogP contribution in [0.2, 0.25) is 0 Å². The second-order valence-electron chi connectivity index (χ2n) is 5.24. The molecule has 0 radical (unpaired) electrons. The number of anilines is 1. The number of methoxy groups -OCH3 is 1. The van der Waals surface area contributed by atoms with Gasteiger partial charge in [0, 0.05) is 18.3 Å². The van der Waals surface area contributed by atoms with E-state index in [4.69, 9.17) is 9.47 Å². The Balaban J connectivity index is 2.13. The number of non-ortho nitro benzene ring substituents is 1. The van der Waals surface area contributed by atoms with Crippen LogP contribution in [0.1, 0.15) is 17.3 Å². The van der Waals surface area contributed by atoms with Crippen molar-refractivity contribution in [1.29, 1.82) is 0 Å². The van der Waals surface area contributed by atoms with E-state index in [-0.39, 0.29) is 22.7 Å². The largest absolute Gasteiger partial charge is 0.495 e. The highest BCUT2D eigenvalue weighted by Gasteiger charge is 2.23. The molecule has 0 aliphatic heterocycles. The fourth-order valence-corrected chi connectivity index (χ4v) is 2.67. The molecule has 0 saturated carbocycles. The summed E-state index contributed by atoms with van der Waals surface area (Å²) in [5.41, 5.74) is 0.138. The van der Waals surface area contributed by atoms with Gasteiger partial charge >= 0.3 is 5.97 Å². The lowest BCUT2D eigenvalue weighted by Crippen LogP contribution is -2.30. The van der Waals surface area contributed by atoms with Crippen LogP contribution in [0.15, 0.2) is 41.6 Å². The topological polar surface area (TPSA) is 121 Å². The van der Waals surface area contributed by atoms with Crippen molar-refractivity contribution in [1.82, 2.24) is 4.98 Å². The van der Waals surface area contributed by atoms with Crippen molar-refractivity contribution >= 4 is 35.0 Å². The molecule has 0 spiro atoms. The number of benzene rings is 1. The van der Waals surface area contributed by atoms with E-state index in [1.54, 1.807) is 24.6 Å². The molecule has 9 nitrogen and oxygen atoms in total. The molecule has 2 aromatic rings. The Kier molecular flexibility index (Phi) is 6.72. The van der Waals surface area contributed by atoms with Crippen LogP contribution in [0.25, 0.3) is 0 Å². The van der Waals surface area contributed by atoms with E-state index >= 15 is 0 Å². The van der Waals surface area contributed by atoms with Gasteiger partial charge in [0.15, 0.2) is 6.10 Å². The zero-order chi connectivity index (χ0) is 20.0. The molecule has 1 aromatic carbocycles. The third-order valence-electron chi connectivity index (χ3n) is 3.49. The quantitative estimate of drug-likeness (QED) is 0.331. The molecule has 0 aliphatic rings. The fourth-order valence-electron chi connectivity index (χ4n) is 2.13. The zero-order valence-corrected chi connectivity index (χ0v) is 15.6. The molecule has 0 aliphatic carbocycles. The number of pyridine rings is 1. The van der Waals surface area contributed by atoms with Gasteiger partial charge in [-0.25, -0.2) is 9.78 Å². The van der Waals surface area contributed by atoms with Gasteiger partial charge in [-0.3, -0.25) is 14.9 Å². The second-order valence-corrected chi connectivity index (χ2v) is 6.03. The van der Waals surface area contributed by atoms with Gasteiger partial charge in [-0.05, 0) is 31.4 Å². The summed E-state index contributed by atoms with van der Waals surface area (Å²) < 4.78 is 10.3. The monoisotopic (exact) mass is 391 g/mol. The summed E-state index contributed by atoms with van der Waals surface area (Å²) >= 11 is 1.28. The van der Waals surface area contributed by atoms with Crippen LogP contribution in [0, 0.1) is 10.1 Å². The van der Waals surface area contributed by atoms with Gasteiger partial charge in [0.05, 0.1) is 23.3 Å². The Labute approximate surface area is 159 Å². The van der Waals surface area contributed by atoms with Crippen LogP contribution in [0.4, 0.5) is 11.4 Å². The third-order valence-corrected chi connectivity index (χ3v) is 4.20. The van der Waals surface area contributed by atoms with Crippen molar-refractivity contribution < 1.29 is 24.0 Å². The van der Waals surface area contributed by atoms with E-state index in [2.05, 4.69) is 10.3 Å². The highest BCUT2D eigenvalue weighted by Crippen LogP contribution is 2.29. The number of carbonyl (C=O) groups is 2. The first-order valence-corrected chi connectivity index (χ1v) is 8.93. The Morgan fingerprint density at radius 3 is 2.70 bits per heavy atom. The zero-order valence-electron chi connectivity index (χ0n) is 14.8. The summed E-state index contributed by atoms with van der Waals surface area (Å²) in [6.45, 7) is 1.40. The molecule has 142 valence electrons. The normalized spacial score (nSPS) is 11.4. The van der Waals surface area contributed by atoms with Crippen molar-refractivity contribution in [3.63, 3.8) is 0 Å². The molecule has 1 atom stereocenters. The maximum atomic E-state index is 12.3. The number of nitrogens with one attached hydrogen (secondary N) is 1. The summed E-state index contributed by atoms with van der Waals surface area (Å²) in [4.78, 5) is 39.0. The number of amides is 1. The number of rotatable bonds is 7. The molecule has 0 bridgehead atoms. The number of nitro benzene ring substituents is 1. The Hall–Kier alpha value is -3.14. The average Bonchev–Trinajstić information content (AvgIpc) is 2.67. The van der Waals surface area contributed by atoms with Crippen LogP contribution in [0.5, 0.6) is 5.75 Å². The van der Waals surface area contributed by atoms with Crippen molar-refractivity contribution in [3.05, 3.63) is 52.2 Å². The third kappa shape index (κ3) is 4.94. The van der Waals surface area contributed by atoms with Crippen LogP contribution >= 0.6 is 11.8 Å². The first kappa shape index (κ1) is 20.2. The molecule has 1 N–H and O–H groups in total. The van der Waals surface area contributed by atoms with Crippen molar-refractivity contribution in [2.75, 3.05) is 18.7 Å². The minimum atomic E-state index is -1.14. The number of hydrogen-bond acceptors (Lipinski definition) is 8. The summed E-state index contributed by atoms with van der Waals surface area (Å²) in [5.74, 6) is -1.11. The smallest absolute Gasteiger partial charge is 0.341 e. The molecule has 1 heterocycles. The highest BCUT2D eigenvalue weighted by atomic mass is 32.2. The van der Waals surface area contributed by atoms with E-state index in [0.717, 1.165) is 6.07 Å². The van der Waals surface area contributed by atoms with Gasteiger partial charge in [0.2, 0.25) is 0 Å². The van der Waals surface area contributed by atoms with Crippen LogP contribution in [-0.4, -0.2) is 41.3 Å². The number of ether oxygens (including phenoxy) is 2. The first-order chi connectivity index (χ1) is 12.9. The molecule has 0 unspecified atom stereocenters. The van der Waals surface area contributed by atoms with Gasteiger partial charge in [-0.1, -0.05) is 0 Å². The second kappa shape index (κ2) is 8.99. The highest BCUT2D eigenvalue weighted by molar-refractivity contribution is 7.98. The standard InChI is InChI=1S/C17H17N3O6S/c1-10(26-17(22)12-5-4-8-18-16(12)27-3)15(21)19-13-9-11(20(23)24)6-7-14(13)25-2/h4-10H,1-3H3,(H,19,21)/t10-/m0/s1. The summed E-state index contributed by atoms with van der Waals surface area (Å²) in [5, 5.41) is 13.9. The molecule has 0 saturated heterocycles. The van der Waals surface area contributed by atoms with Crippen molar-refractivity contribution in [2.45, 2.75) is 18.1 Å². The van der Waals surface area contributed by atoms with Gasteiger partial charge < -0.3 is 14.8 Å². The van der Waals surface area contributed by atoms with Gasteiger partial charge in [-0.2, -0.15) is 0 Å². The van der Waals surface area contributed by atoms with E-state index < -0.39 is 22.9 Å². The molecule has 27 heavy (non-hydrogen) atoms. The van der Waals surface area contributed by atoms with Crippen LogP contribution in [0.3, 0.4) is 0 Å².